The summed E-state index contributed by atoms with van der Waals surface area (Å²) in [6.45, 7) is 2.79. The molecule has 1 fully saturated rings. The van der Waals surface area contributed by atoms with E-state index in [1.54, 1.807) is 24.3 Å². The highest BCUT2D eigenvalue weighted by atomic mass is 19.1. The first-order chi connectivity index (χ1) is 14.2. The molecule has 0 spiro atoms. The summed E-state index contributed by atoms with van der Waals surface area (Å²) in [5.41, 5.74) is 0.569. The Hall–Kier alpha value is -3.24. The van der Waals surface area contributed by atoms with Crippen LogP contribution in [-0.4, -0.2) is 42.9 Å². The predicted octanol–water partition coefficient (Wildman–Crippen LogP) is 3.23. The van der Waals surface area contributed by atoms with Crippen molar-refractivity contribution in [1.29, 1.82) is 5.26 Å². The highest BCUT2D eigenvalue weighted by Gasteiger charge is 2.25. The lowest BCUT2D eigenvalue weighted by atomic mass is 9.89. The molecule has 0 atom stereocenters. The molecule has 6 nitrogen and oxygen atoms in total. The van der Waals surface area contributed by atoms with Gasteiger partial charge in [0.2, 0.25) is 0 Å². The number of nitrogens with zero attached hydrogens (tertiary/aromatic N) is 3. The zero-order valence-electron chi connectivity index (χ0n) is 16.1. The van der Waals surface area contributed by atoms with E-state index in [1.165, 1.54) is 12.1 Å². The van der Waals surface area contributed by atoms with Crippen LogP contribution in [-0.2, 0) is 0 Å². The molecule has 3 rings (SSSR count). The summed E-state index contributed by atoms with van der Waals surface area (Å²) >= 11 is 0. The third-order valence-electron chi connectivity index (χ3n) is 4.88. The van der Waals surface area contributed by atoms with Crippen LogP contribution in [0, 0.1) is 23.2 Å². The van der Waals surface area contributed by atoms with Crippen LogP contribution in [0.25, 0.3) is 0 Å². The van der Waals surface area contributed by atoms with Crippen LogP contribution in [0.2, 0.25) is 0 Å². The number of likely N-dealkylation sites (tertiary alicyclic amines) is 1. The Kier molecular flexibility index (Phi) is 7.31. The number of piperidine rings is 1. The van der Waals surface area contributed by atoms with Crippen molar-refractivity contribution in [1.82, 2.24) is 10.2 Å². The number of hydrogen-bond donors (Lipinski definition) is 1. The molecule has 1 aliphatic heterocycles. The van der Waals surface area contributed by atoms with Crippen molar-refractivity contribution >= 4 is 11.8 Å². The van der Waals surface area contributed by atoms with E-state index in [2.05, 4.69) is 15.2 Å². The van der Waals surface area contributed by atoms with E-state index in [1.807, 2.05) is 24.4 Å². The molecule has 1 aliphatic rings. The van der Waals surface area contributed by atoms with Crippen molar-refractivity contribution in [3.8, 4) is 11.9 Å². The molecule has 0 radical (unpaired) electrons. The quantitative estimate of drug-likeness (QED) is 0.268. The number of Topliss-reactive ketones (excluding diaryl/α,β-unsaturated/α-hetero) is 1. The van der Waals surface area contributed by atoms with Crippen molar-refractivity contribution in [2.45, 2.75) is 12.8 Å². The number of amidine groups is 1. The first kappa shape index (κ1) is 20.5. The fourth-order valence-electron chi connectivity index (χ4n) is 3.31. The van der Waals surface area contributed by atoms with Gasteiger partial charge in [-0.15, -0.1) is 0 Å². The van der Waals surface area contributed by atoms with Gasteiger partial charge in [-0.05, 0) is 62.3 Å². The maximum Gasteiger partial charge on any atom is 0.303 e. The standard InChI is InChI=1S/C22H23FN4O2/c23-19-8-6-17(7-9-19)21(28)18-10-13-27(14-11-18)15-12-25-22(26-16-24)29-20-4-2-1-3-5-20/h1-9,18H,10-15H2,(H,25,26). The molecule has 2 aromatic carbocycles. The number of carbonyl (C=O) groups is 1. The van der Waals surface area contributed by atoms with Gasteiger partial charge in [-0.25, -0.2) is 14.7 Å². The van der Waals surface area contributed by atoms with Crippen LogP contribution < -0.4 is 10.1 Å². The SMILES string of the molecule is N#CNC(=NCCN1CCC(C(=O)c2ccc(F)cc2)CC1)Oc1ccccc1. The second-order valence-corrected chi connectivity index (χ2v) is 6.83. The highest BCUT2D eigenvalue weighted by molar-refractivity contribution is 5.97. The number of nitriles is 1. The molecule has 0 bridgehead atoms. The molecule has 0 unspecified atom stereocenters. The number of carbonyl (C=O) groups excluding carboxylic acids is 1. The lowest BCUT2D eigenvalue weighted by Crippen LogP contribution is -2.38. The smallest absolute Gasteiger partial charge is 0.303 e. The van der Waals surface area contributed by atoms with Crippen LogP contribution >= 0.6 is 0 Å². The number of ether oxygens (including phenoxy) is 1. The molecule has 0 aliphatic carbocycles. The number of rotatable bonds is 6. The maximum absolute atomic E-state index is 13.0. The Morgan fingerprint density at radius 1 is 1.17 bits per heavy atom. The van der Waals surface area contributed by atoms with E-state index in [4.69, 9.17) is 10.00 Å². The first-order valence-electron chi connectivity index (χ1n) is 9.60. The highest BCUT2D eigenvalue weighted by Crippen LogP contribution is 2.22. The van der Waals surface area contributed by atoms with E-state index in [9.17, 15) is 9.18 Å². The molecular formula is C22H23FN4O2. The van der Waals surface area contributed by atoms with Crippen molar-refractivity contribution in [2.24, 2.45) is 10.9 Å². The number of halogens is 1. The fraction of sp³-hybridized carbons (Fsp3) is 0.318. The Labute approximate surface area is 169 Å². The van der Waals surface area contributed by atoms with Gasteiger partial charge < -0.3 is 9.64 Å². The Bertz CT molecular complexity index is 870. The van der Waals surface area contributed by atoms with Crippen molar-refractivity contribution < 1.29 is 13.9 Å². The zero-order valence-corrected chi connectivity index (χ0v) is 16.1. The normalized spacial score (nSPS) is 15.5. The fourth-order valence-corrected chi connectivity index (χ4v) is 3.31. The molecule has 0 aromatic heterocycles. The van der Waals surface area contributed by atoms with Gasteiger partial charge in [-0.2, -0.15) is 5.26 Å². The van der Waals surface area contributed by atoms with Gasteiger partial charge in [0.1, 0.15) is 11.6 Å². The van der Waals surface area contributed by atoms with E-state index in [-0.39, 0.29) is 23.5 Å². The lowest BCUT2D eigenvalue weighted by molar-refractivity contribution is 0.0842. The summed E-state index contributed by atoms with van der Waals surface area (Å²) in [6, 6.07) is 15.1. The summed E-state index contributed by atoms with van der Waals surface area (Å²) in [5.74, 6) is 0.324. The summed E-state index contributed by atoms with van der Waals surface area (Å²) in [6.07, 6.45) is 3.37. The third-order valence-corrected chi connectivity index (χ3v) is 4.88. The second-order valence-electron chi connectivity index (χ2n) is 6.83. The molecule has 1 heterocycles. The number of ketones is 1. The molecule has 1 saturated heterocycles. The Morgan fingerprint density at radius 2 is 1.86 bits per heavy atom. The maximum atomic E-state index is 13.0. The molecule has 150 valence electrons. The molecule has 1 N–H and O–H groups in total. The zero-order chi connectivity index (χ0) is 20.5. The average Bonchev–Trinajstić information content (AvgIpc) is 2.75. The van der Waals surface area contributed by atoms with Crippen LogP contribution in [0.15, 0.2) is 59.6 Å². The minimum atomic E-state index is -0.335. The van der Waals surface area contributed by atoms with E-state index in [0.717, 1.165) is 25.9 Å². The molecule has 7 heteroatoms. The van der Waals surface area contributed by atoms with Gasteiger partial charge in [0.15, 0.2) is 12.0 Å². The number of nitrogens with one attached hydrogen (secondary N) is 1. The van der Waals surface area contributed by atoms with Crippen LogP contribution in [0.4, 0.5) is 4.39 Å². The van der Waals surface area contributed by atoms with Crippen molar-refractivity contribution in [3.05, 3.63) is 66.0 Å². The van der Waals surface area contributed by atoms with Crippen LogP contribution in [0.5, 0.6) is 5.75 Å². The van der Waals surface area contributed by atoms with Crippen LogP contribution in [0.1, 0.15) is 23.2 Å². The minimum absolute atomic E-state index is 0.0301. The molecule has 29 heavy (non-hydrogen) atoms. The molecule has 0 saturated carbocycles. The van der Waals surface area contributed by atoms with Gasteiger partial charge in [0, 0.05) is 18.0 Å². The van der Waals surface area contributed by atoms with E-state index < -0.39 is 0 Å². The largest absolute Gasteiger partial charge is 0.425 e. The van der Waals surface area contributed by atoms with E-state index >= 15 is 0 Å². The predicted molar refractivity (Wildman–Crippen MR) is 108 cm³/mol. The number of hydrogen-bond acceptors (Lipinski definition) is 5. The number of aliphatic imine (C=N–C) groups is 1. The summed E-state index contributed by atoms with van der Waals surface area (Å²) < 4.78 is 18.6. The van der Waals surface area contributed by atoms with Gasteiger partial charge in [-0.1, -0.05) is 18.2 Å². The first-order valence-corrected chi connectivity index (χ1v) is 9.60. The van der Waals surface area contributed by atoms with Gasteiger partial charge in [0.05, 0.1) is 6.54 Å². The third kappa shape index (κ3) is 6.13. The van der Waals surface area contributed by atoms with Gasteiger partial charge in [-0.3, -0.25) is 4.79 Å². The molecular weight excluding hydrogens is 371 g/mol. The van der Waals surface area contributed by atoms with E-state index in [0.29, 0.717) is 24.4 Å². The van der Waals surface area contributed by atoms with Crippen molar-refractivity contribution in [3.63, 3.8) is 0 Å². The number of para-hydroxylation sites is 1. The minimum Gasteiger partial charge on any atom is -0.425 e. The Morgan fingerprint density at radius 3 is 2.52 bits per heavy atom. The summed E-state index contributed by atoms with van der Waals surface area (Å²) in [7, 11) is 0. The molecule has 2 aromatic rings. The topological polar surface area (TPSA) is 77.7 Å². The summed E-state index contributed by atoms with van der Waals surface area (Å²) in [4.78, 5) is 19.1. The molecule has 0 amide bonds. The second kappa shape index (κ2) is 10.3. The summed E-state index contributed by atoms with van der Waals surface area (Å²) in [5, 5.41) is 11.3. The Balaban J connectivity index is 1.46. The van der Waals surface area contributed by atoms with Gasteiger partial charge >= 0.3 is 6.02 Å². The van der Waals surface area contributed by atoms with Crippen LogP contribution in [0.3, 0.4) is 0 Å². The van der Waals surface area contributed by atoms with Gasteiger partial charge in [0.25, 0.3) is 0 Å². The lowest BCUT2D eigenvalue weighted by Gasteiger charge is -2.30. The average molecular weight is 394 g/mol. The van der Waals surface area contributed by atoms with Crippen molar-refractivity contribution in [2.75, 3.05) is 26.2 Å². The monoisotopic (exact) mass is 394 g/mol. The number of benzene rings is 2.